The number of anilines is 1. The maximum Gasteiger partial charge on any atom is 0.196 e. The summed E-state index contributed by atoms with van der Waals surface area (Å²) in [6.45, 7) is 7.51. The van der Waals surface area contributed by atoms with Gasteiger partial charge >= 0.3 is 0 Å². The van der Waals surface area contributed by atoms with Gasteiger partial charge in [0.1, 0.15) is 0 Å². The van der Waals surface area contributed by atoms with E-state index < -0.39 is 0 Å². The van der Waals surface area contributed by atoms with Gasteiger partial charge in [-0.25, -0.2) is 4.99 Å². The molecule has 0 bridgehead atoms. The van der Waals surface area contributed by atoms with E-state index in [4.69, 9.17) is 15.2 Å². The number of aliphatic imine (C=N–C) groups is 1. The highest BCUT2D eigenvalue weighted by Crippen LogP contribution is 2.29. The molecule has 0 unspecified atom stereocenters. The van der Waals surface area contributed by atoms with Gasteiger partial charge in [-0.15, -0.1) is 0 Å². The summed E-state index contributed by atoms with van der Waals surface area (Å²) < 4.78 is 10.5. The highest BCUT2D eigenvalue weighted by Gasteiger charge is 2.15. The molecule has 122 valence electrons. The molecular weight excluding hydrogens is 280 g/mol. The average molecular weight is 306 g/mol. The third kappa shape index (κ3) is 4.35. The molecule has 0 aromatic heterocycles. The van der Waals surface area contributed by atoms with Gasteiger partial charge in [0.2, 0.25) is 0 Å². The number of rotatable bonds is 6. The zero-order valence-electron chi connectivity index (χ0n) is 13.5. The Kier molecular flexibility index (Phi) is 6.48. The van der Waals surface area contributed by atoms with Crippen LogP contribution in [-0.4, -0.2) is 64.0 Å². The van der Waals surface area contributed by atoms with E-state index in [0.29, 0.717) is 12.6 Å². The summed E-state index contributed by atoms with van der Waals surface area (Å²) in [5.74, 6) is 0.528. The van der Waals surface area contributed by atoms with Crippen LogP contribution < -0.4 is 10.6 Å². The van der Waals surface area contributed by atoms with Crippen LogP contribution in [-0.2, 0) is 9.47 Å². The van der Waals surface area contributed by atoms with Gasteiger partial charge < -0.3 is 25.0 Å². The molecule has 1 aliphatic heterocycles. The highest BCUT2D eigenvalue weighted by atomic mass is 16.5. The fraction of sp³-hybridized carbons (Fsp3) is 0.562. The molecule has 1 fully saturated rings. The molecule has 0 aliphatic carbocycles. The van der Waals surface area contributed by atoms with E-state index in [1.807, 2.05) is 23.1 Å². The lowest BCUT2D eigenvalue weighted by atomic mass is 10.2. The zero-order valence-corrected chi connectivity index (χ0v) is 13.5. The Hall–Kier alpha value is -1.79. The summed E-state index contributed by atoms with van der Waals surface area (Å²) in [6, 6.07) is 8.11. The normalized spacial score (nSPS) is 15.9. The minimum absolute atomic E-state index is 0.528. The van der Waals surface area contributed by atoms with Crippen LogP contribution in [0.15, 0.2) is 29.3 Å². The van der Waals surface area contributed by atoms with Gasteiger partial charge in [-0.1, -0.05) is 12.1 Å². The Morgan fingerprint density at radius 3 is 2.77 bits per heavy atom. The smallest absolute Gasteiger partial charge is 0.196 e. The average Bonchev–Trinajstić information content (AvgIpc) is 2.57. The summed E-state index contributed by atoms with van der Waals surface area (Å²) in [6.07, 6.45) is 0. The summed E-state index contributed by atoms with van der Waals surface area (Å²) in [4.78, 5) is 8.95. The first-order valence-corrected chi connectivity index (χ1v) is 7.76. The van der Waals surface area contributed by atoms with Gasteiger partial charge in [0, 0.05) is 33.3 Å². The number of nitrogens with zero attached hydrogens (tertiary/aromatic N) is 3. The topological polar surface area (TPSA) is 63.3 Å². The van der Waals surface area contributed by atoms with Crippen LogP contribution >= 0.6 is 0 Å². The lowest BCUT2D eigenvalue weighted by molar-refractivity contribution is 0.123. The van der Waals surface area contributed by atoms with Gasteiger partial charge in [-0.2, -0.15) is 0 Å². The van der Waals surface area contributed by atoms with Crippen molar-refractivity contribution in [3.8, 4) is 0 Å². The quantitative estimate of drug-likeness (QED) is 0.636. The molecule has 1 aromatic rings. The maximum atomic E-state index is 6.18. The molecule has 1 heterocycles. The minimum atomic E-state index is 0.528. The van der Waals surface area contributed by atoms with Crippen molar-refractivity contribution in [2.45, 2.75) is 6.92 Å². The Labute approximate surface area is 132 Å². The van der Waals surface area contributed by atoms with E-state index >= 15 is 0 Å². The van der Waals surface area contributed by atoms with Gasteiger partial charge in [-0.3, -0.25) is 0 Å². The maximum absolute atomic E-state index is 6.18. The van der Waals surface area contributed by atoms with Crippen molar-refractivity contribution in [2.24, 2.45) is 10.7 Å². The first-order valence-electron chi connectivity index (χ1n) is 7.76. The van der Waals surface area contributed by atoms with E-state index in [0.717, 1.165) is 50.8 Å². The standard InChI is InChI=1S/C16H26N4O2/c1-3-19(8-11-21-2)16(17)18-14-6-4-5-7-15(14)20-9-12-22-13-10-20/h4-7H,3,8-13H2,1-2H3,(H2,17,18). The third-order valence-electron chi connectivity index (χ3n) is 3.74. The van der Waals surface area contributed by atoms with Gasteiger partial charge in [0.15, 0.2) is 5.96 Å². The van der Waals surface area contributed by atoms with Crippen molar-refractivity contribution in [3.05, 3.63) is 24.3 Å². The Balaban J connectivity index is 2.18. The molecule has 1 saturated heterocycles. The Bertz CT molecular complexity index is 487. The Morgan fingerprint density at radius 2 is 2.09 bits per heavy atom. The first kappa shape index (κ1) is 16.6. The molecular formula is C16H26N4O2. The number of hydrogen-bond donors (Lipinski definition) is 1. The van der Waals surface area contributed by atoms with E-state index in [2.05, 4.69) is 22.9 Å². The van der Waals surface area contributed by atoms with E-state index in [1.54, 1.807) is 7.11 Å². The molecule has 0 spiro atoms. The van der Waals surface area contributed by atoms with Crippen LogP contribution in [0.5, 0.6) is 0 Å². The van der Waals surface area contributed by atoms with Crippen molar-refractivity contribution in [2.75, 3.05) is 58.0 Å². The van der Waals surface area contributed by atoms with Crippen LogP contribution in [0.4, 0.5) is 11.4 Å². The second kappa shape index (κ2) is 8.60. The number of morpholine rings is 1. The second-order valence-electron chi connectivity index (χ2n) is 5.13. The van der Waals surface area contributed by atoms with E-state index in [-0.39, 0.29) is 0 Å². The van der Waals surface area contributed by atoms with E-state index in [1.165, 1.54) is 0 Å². The number of hydrogen-bond acceptors (Lipinski definition) is 4. The van der Waals surface area contributed by atoms with Crippen molar-refractivity contribution >= 4 is 17.3 Å². The molecule has 2 rings (SSSR count). The number of methoxy groups -OCH3 is 1. The predicted molar refractivity (Wildman–Crippen MR) is 89.9 cm³/mol. The lowest BCUT2D eigenvalue weighted by Gasteiger charge is -2.30. The molecule has 2 N–H and O–H groups in total. The fourth-order valence-corrected chi connectivity index (χ4v) is 2.46. The van der Waals surface area contributed by atoms with Gasteiger partial charge in [0.05, 0.1) is 31.2 Å². The number of para-hydroxylation sites is 2. The summed E-state index contributed by atoms with van der Waals surface area (Å²) in [7, 11) is 1.69. The minimum Gasteiger partial charge on any atom is -0.383 e. The number of benzene rings is 1. The fourth-order valence-electron chi connectivity index (χ4n) is 2.46. The lowest BCUT2D eigenvalue weighted by Crippen LogP contribution is -2.39. The number of nitrogens with two attached hydrogens (primary N) is 1. The third-order valence-corrected chi connectivity index (χ3v) is 3.74. The molecule has 0 amide bonds. The molecule has 0 atom stereocenters. The molecule has 0 radical (unpaired) electrons. The van der Waals surface area contributed by atoms with Crippen LogP contribution in [0.1, 0.15) is 6.92 Å². The molecule has 6 heteroatoms. The number of likely N-dealkylation sites (N-methyl/N-ethyl adjacent to an activating group) is 1. The zero-order chi connectivity index (χ0) is 15.8. The molecule has 0 saturated carbocycles. The second-order valence-corrected chi connectivity index (χ2v) is 5.13. The number of guanidine groups is 1. The van der Waals surface area contributed by atoms with Crippen LogP contribution in [0.2, 0.25) is 0 Å². The van der Waals surface area contributed by atoms with Crippen molar-refractivity contribution < 1.29 is 9.47 Å². The van der Waals surface area contributed by atoms with E-state index in [9.17, 15) is 0 Å². The van der Waals surface area contributed by atoms with Crippen molar-refractivity contribution in [1.82, 2.24) is 4.90 Å². The van der Waals surface area contributed by atoms with Crippen molar-refractivity contribution in [1.29, 1.82) is 0 Å². The van der Waals surface area contributed by atoms with Crippen molar-refractivity contribution in [3.63, 3.8) is 0 Å². The van der Waals surface area contributed by atoms with Gasteiger partial charge in [-0.05, 0) is 19.1 Å². The molecule has 1 aliphatic rings. The van der Waals surface area contributed by atoms with Crippen LogP contribution in [0, 0.1) is 0 Å². The molecule has 22 heavy (non-hydrogen) atoms. The largest absolute Gasteiger partial charge is 0.383 e. The van der Waals surface area contributed by atoms with Crippen LogP contribution in [0.25, 0.3) is 0 Å². The molecule has 1 aromatic carbocycles. The highest BCUT2D eigenvalue weighted by molar-refractivity contribution is 5.84. The number of ether oxygens (including phenoxy) is 2. The molecule has 6 nitrogen and oxygen atoms in total. The van der Waals surface area contributed by atoms with Crippen LogP contribution in [0.3, 0.4) is 0 Å². The Morgan fingerprint density at radius 1 is 1.36 bits per heavy atom. The first-order chi connectivity index (χ1) is 10.8. The summed E-state index contributed by atoms with van der Waals surface area (Å²) in [5.41, 5.74) is 8.19. The monoisotopic (exact) mass is 306 g/mol. The van der Waals surface area contributed by atoms with Gasteiger partial charge in [0.25, 0.3) is 0 Å². The SMILES string of the molecule is CCN(CCOC)C(N)=Nc1ccccc1N1CCOCC1. The summed E-state index contributed by atoms with van der Waals surface area (Å²) >= 11 is 0. The predicted octanol–water partition coefficient (Wildman–Crippen LogP) is 1.44. The summed E-state index contributed by atoms with van der Waals surface area (Å²) in [5, 5.41) is 0.